The van der Waals surface area contributed by atoms with Gasteiger partial charge in [0.2, 0.25) is 5.54 Å². The highest BCUT2D eigenvalue weighted by Gasteiger charge is 2.76. The molecule has 3 aliphatic heterocycles. The number of ether oxygens (including phenoxy) is 2. The highest BCUT2D eigenvalue weighted by Crippen LogP contribution is 2.52. The molecule has 2 N–H and O–H groups in total. The van der Waals surface area contributed by atoms with Crippen LogP contribution in [0.1, 0.15) is 29.9 Å². The molecule has 2 fully saturated rings. The van der Waals surface area contributed by atoms with Crippen LogP contribution in [0.15, 0.2) is 42.5 Å². The largest absolute Gasteiger partial charge is 0.497 e. The van der Waals surface area contributed by atoms with E-state index in [1.807, 2.05) is 30.3 Å². The molecule has 156 valence electrons. The van der Waals surface area contributed by atoms with Crippen molar-refractivity contribution >= 4 is 11.6 Å². The topological polar surface area (TPSA) is 95.1 Å². The predicted molar refractivity (Wildman–Crippen MR) is 109 cm³/mol. The van der Waals surface area contributed by atoms with Crippen molar-refractivity contribution in [3.63, 3.8) is 0 Å². The van der Waals surface area contributed by atoms with Gasteiger partial charge in [0.1, 0.15) is 17.4 Å². The number of methoxy groups -OCH3 is 2. The van der Waals surface area contributed by atoms with Crippen molar-refractivity contribution in [1.82, 2.24) is 0 Å². The minimum absolute atomic E-state index is 0.169. The molecule has 5 atom stereocenters. The number of anilines is 1. The van der Waals surface area contributed by atoms with Gasteiger partial charge in [0.25, 0.3) is 11.9 Å². The van der Waals surface area contributed by atoms with Crippen LogP contribution in [0.2, 0.25) is 0 Å². The van der Waals surface area contributed by atoms with E-state index in [0.717, 1.165) is 35.5 Å². The molecular weight excluding hydrogens is 386 g/mol. The summed E-state index contributed by atoms with van der Waals surface area (Å²) in [4.78, 5) is 26.9. The number of rotatable bonds is 4. The monoisotopic (exact) mass is 410 g/mol. The lowest BCUT2D eigenvalue weighted by Crippen LogP contribution is -3.19. The number of hydrogen-bond acceptors (Lipinski definition) is 5. The van der Waals surface area contributed by atoms with E-state index in [-0.39, 0.29) is 16.9 Å². The number of carbonyl (C=O) groups excluding carboxylic acids is 1. The first-order valence-corrected chi connectivity index (χ1v) is 10.2. The maximum absolute atomic E-state index is 13.7. The van der Waals surface area contributed by atoms with Crippen molar-refractivity contribution in [1.29, 1.82) is 0 Å². The SMILES string of the molecule is COc1ccc([C@@H]2[C@@H]([N+](=O)[O-])[C@@H]3CCC[NH+]3[C@]23C(=O)Nc2ccccc23)c(OC)c1. The van der Waals surface area contributed by atoms with Gasteiger partial charge in [0.15, 0.2) is 6.04 Å². The third kappa shape index (κ3) is 2.28. The summed E-state index contributed by atoms with van der Waals surface area (Å²) in [6.07, 6.45) is 1.60. The van der Waals surface area contributed by atoms with Gasteiger partial charge in [-0.05, 0) is 12.1 Å². The maximum atomic E-state index is 13.7. The minimum Gasteiger partial charge on any atom is -0.497 e. The Bertz CT molecular complexity index is 1040. The Morgan fingerprint density at radius 3 is 2.73 bits per heavy atom. The summed E-state index contributed by atoms with van der Waals surface area (Å²) in [5, 5.41) is 15.4. The fraction of sp³-hybridized carbons (Fsp3) is 0.409. The van der Waals surface area contributed by atoms with Gasteiger partial charge in [-0.25, -0.2) is 0 Å². The second kappa shape index (κ2) is 6.70. The molecule has 0 saturated carbocycles. The number of carbonyl (C=O) groups is 1. The number of hydrogen-bond donors (Lipinski definition) is 2. The summed E-state index contributed by atoms with van der Waals surface area (Å²) in [5.74, 6) is 0.280. The third-order valence-corrected chi connectivity index (χ3v) is 7.11. The van der Waals surface area contributed by atoms with E-state index in [1.165, 1.54) is 7.11 Å². The summed E-state index contributed by atoms with van der Waals surface area (Å²) < 4.78 is 11.0. The number of nitro groups is 1. The van der Waals surface area contributed by atoms with Crippen molar-refractivity contribution in [3.05, 3.63) is 63.7 Å². The fourth-order valence-corrected chi connectivity index (χ4v) is 6.09. The molecule has 1 unspecified atom stereocenters. The molecular formula is C22H24N3O5+. The van der Waals surface area contributed by atoms with E-state index in [9.17, 15) is 14.9 Å². The lowest BCUT2D eigenvalue weighted by Gasteiger charge is -2.33. The van der Waals surface area contributed by atoms with E-state index >= 15 is 0 Å². The zero-order valence-corrected chi connectivity index (χ0v) is 16.9. The van der Waals surface area contributed by atoms with Crippen LogP contribution in [0, 0.1) is 10.1 Å². The zero-order valence-electron chi connectivity index (χ0n) is 16.9. The van der Waals surface area contributed by atoms with Gasteiger partial charge >= 0.3 is 0 Å². The third-order valence-electron chi connectivity index (χ3n) is 7.11. The summed E-state index contributed by atoms with van der Waals surface area (Å²) in [7, 11) is 3.10. The summed E-state index contributed by atoms with van der Waals surface area (Å²) in [6, 6.07) is 11.8. The van der Waals surface area contributed by atoms with Crippen molar-refractivity contribution < 1.29 is 24.1 Å². The molecule has 0 aliphatic carbocycles. The highest BCUT2D eigenvalue weighted by atomic mass is 16.6. The second-order valence-corrected chi connectivity index (χ2v) is 8.19. The molecule has 2 saturated heterocycles. The lowest BCUT2D eigenvalue weighted by molar-refractivity contribution is -0.951. The number of benzene rings is 2. The first-order chi connectivity index (χ1) is 14.5. The van der Waals surface area contributed by atoms with Crippen LogP contribution in [0.3, 0.4) is 0 Å². The van der Waals surface area contributed by atoms with E-state index in [0.29, 0.717) is 17.1 Å². The number of fused-ring (bicyclic) bond motifs is 4. The molecule has 1 spiro atoms. The van der Waals surface area contributed by atoms with Gasteiger partial charge in [-0.3, -0.25) is 14.9 Å². The summed E-state index contributed by atoms with van der Waals surface area (Å²) in [5.41, 5.74) is 1.19. The molecule has 8 nitrogen and oxygen atoms in total. The molecule has 2 aromatic carbocycles. The summed E-state index contributed by atoms with van der Waals surface area (Å²) >= 11 is 0. The van der Waals surface area contributed by atoms with E-state index in [1.54, 1.807) is 19.2 Å². The van der Waals surface area contributed by atoms with Gasteiger partial charge in [-0.2, -0.15) is 0 Å². The average Bonchev–Trinajstić information content (AvgIpc) is 3.41. The fourth-order valence-electron chi connectivity index (χ4n) is 6.09. The Hall–Kier alpha value is -3.13. The van der Waals surface area contributed by atoms with Gasteiger partial charge in [0.05, 0.1) is 26.5 Å². The average molecular weight is 410 g/mol. The van der Waals surface area contributed by atoms with Crippen molar-refractivity contribution in [3.8, 4) is 11.5 Å². The molecule has 1 amide bonds. The first kappa shape index (κ1) is 18.9. The summed E-state index contributed by atoms with van der Waals surface area (Å²) in [6.45, 7) is 0.728. The number of para-hydroxylation sites is 1. The quantitative estimate of drug-likeness (QED) is 0.586. The molecule has 8 heteroatoms. The molecule has 0 aromatic heterocycles. The van der Waals surface area contributed by atoms with E-state index < -0.39 is 17.5 Å². The van der Waals surface area contributed by atoms with Gasteiger partial charge in [-0.1, -0.05) is 24.3 Å². The second-order valence-electron chi connectivity index (χ2n) is 8.19. The normalized spacial score (nSPS) is 31.3. The molecule has 5 rings (SSSR count). The Balaban J connectivity index is 1.81. The van der Waals surface area contributed by atoms with Crippen molar-refractivity contribution in [2.75, 3.05) is 26.1 Å². The molecule has 0 bridgehead atoms. The zero-order chi connectivity index (χ0) is 21.0. The van der Waals surface area contributed by atoms with Crippen LogP contribution in [0.5, 0.6) is 11.5 Å². The Morgan fingerprint density at radius 2 is 2.00 bits per heavy atom. The van der Waals surface area contributed by atoms with Crippen molar-refractivity contribution in [2.24, 2.45) is 0 Å². The van der Waals surface area contributed by atoms with Crippen LogP contribution in [-0.4, -0.2) is 43.7 Å². The Labute approximate surface area is 173 Å². The molecule has 3 aliphatic rings. The predicted octanol–water partition coefficient (Wildman–Crippen LogP) is 1.34. The number of nitrogens with one attached hydrogen (secondary N) is 2. The van der Waals surface area contributed by atoms with E-state index in [2.05, 4.69) is 5.32 Å². The standard InChI is InChI=1S/C22H23N3O5/c1-29-13-9-10-14(18(12-13)30-2)19-20(25(27)28)17-8-5-11-24(17)22(19)15-6-3-4-7-16(15)23-21(22)26/h3-4,6-7,9-10,12,17,19-20H,5,8,11H2,1-2H3,(H,23,26)/p+1/t17-,19+,20-,22-/m0/s1. The lowest BCUT2D eigenvalue weighted by atomic mass is 9.73. The maximum Gasteiger partial charge on any atom is 0.291 e. The number of quaternary nitrogens is 1. The van der Waals surface area contributed by atoms with Gasteiger partial charge < -0.3 is 19.7 Å². The van der Waals surface area contributed by atoms with Gasteiger partial charge in [0, 0.05) is 35.0 Å². The number of nitrogens with zero attached hydrogens (tertiary/aromatic N) is 1. The smallest absolute Gasteiger partial charge is 0.291 e. The van der Waals surface area contributed by atoms with Crippen molar-refractivity contribution in [2.45, 2.75) is 36.4 Å². The molecule has 2 aromatic rings. The minimum atomic E-state index is -1.06. The number of amides is 1. The Morgan fingerprint density at radius 1 is 1.20 bits per heavy atom. The van der Waals surface area contributed by atoms with Crippen LogP contribution >= 0.6 is 0 Å². The molecule has 30 heavy (non-hydrogen) atoms. The molecule has 0 radical (unpaired) electrons. The molecule has 3 heterocycles. The first-order valence-electron chi connectivity index (χ1n) is 10.2. The van der Waals surface area contributed by atoms with Crippen LogP contribution < -0.4 is 19.7 Å². The van der Waals surface area contributed by atoms with Crippen LogP contribution in [0.4, 0.5) is 5.69 Å². The van der Waals surface area contributed by atoms with Gasteiger partial charge in [-0.15, -0.1) is 0 Å². The Kier molecular flexibility index (Phi) is 4.21. The van der Waals surface area contributed by atoms with E-state index in [4.69, 9.17) is 9.47 Å². The highest BCUT2D eigenvalue weighted by molar-refractivity contribution is 6.06. The van der Waals surface area contributed by atoms with Crippen LogP contribution in [-0.2, 0) is 10.3 Å². The van der Waals surface area contributed by atoms with Crippen LogP contribution in [0.25, 0.3) is 0 Å².